The Hall–Kier alpha value is -0.570. The van der Waals surface area contributed by atoms with Crippen LogP contribution in [0.5, 0.6) is 0 Å². The molecule has 1 amide bonds. The number of carbonyl (C=O) groups excluding carboxylic acids is 1. The van der Waals surface area contributed by atoms with Gasteiger partial charge < -0.3 is 10.6 Å². The van der Waals surface area contributed by atoms with E-state index in [2.05, 4.69) is 45.3 Å². The van der Waals surface area contributed by atoms with Crippen LogP contribution in [0.3, 0.4) is 0 Å². The van der Waals surface area contributed by atoms with Gasteiger partial charge in [-0.25, -0.2) is 0 Å². The van der Waals surface area contributed by atoms with Crippen LogP contribution in [0, 0.1) is 11.3 Å². The Morgan fingerprint density at radius 3 is 2.41 bits per heavy atom. The summed E-state index contributed by atoms with van der Waals surface area (Å²) < 4.78 is 0. The molecule has 0 radical (unpaired) electrons. The summed E-state index contributed by atoms with van der Waals surface area (Å²) in [5, 5.41) is 6.49. The molecule has 1 rings (SSSR count). The molecule has 0 aromatic rings. The number of piperidine rings is 1. The van der Waals surface area contributed by atoms with Crippen molar-refractivity contribution in [2.24, 2.45) is 11.3 Å². The summed E-state index contributed by atoms with van der Waals surface area (Å²) in [5.41, 5.74) is 0.119. The summed E-state index contributed by atoms with van der Waals surface area (Å²) in [6, 6.07) is 0. The summed E-state index contributed by atoms with van der Waals surface area (Å²) in [6.07, 6.45) is 3.12. The number of amides is 1. The molecule has 0 aromatic carbocycles. The Bertz CT molecular complexity index is 260. The second-order valence-electron chi connectivity index (χ2n) is 7.15. The van der Waals surface area contributed by atoms with Crippen molar-refractivity contribution in [3.05, 3.63) is 0 Å². The molecule has 100 valence electrons. The number of rotatable bonds is 3. The molecule has 1 saturated heterocycles. The van der Waals surface area contributed by atoms with Crippen molar-refractivity contribution in [2.75, 3.05) is 13.1 Å². The van der Waals surface area contributed by atoms with Gasteiger partial charge in [0.05, 0.1) is 5.92 Å². The van der Waals surface area contributed by atoms with E-state index in [1.54, 1.807) is 0 Å². The van der Waals surface area contributed by atoms with Crippen molar-refractivity contribution < 1.29 is 4.79 Å². The van der Waals surface area contributed by atoms with Crippen molar-refractivity contribution in [1.82, 2.24) is 10.6 Å². The first-order valence-corrected chi connectivity index (χ1v) is 6.72. The molecule has 0 bridgehead atoms. The van der Waals surface area contributed by atoms with Gasteiger partial charge in [-0.2, -0.15) is 0 Å². The Balaban J connectivity index is 2.48. The van der Waals surface area contributed by atoms with Crippen LogP contribution >= 0.6 is 0 Å². The summed E-state index contributed by atoms with van der Waals surface area (Å²) in [6.45, 7) is 12.8. The zero-order valence-corrected chi connectivity index (χ0v) is 12.0. The molecule has 1 unspecified atom stereocenters. The highest BCUT2D eigenvalue weighted by Crippen LogP contribution is 2.27. The third-order valence-corrected chi connectivity index (χ3v) is 3.10. The predicted octanol–water partition coefficient (Wildman–Crippen LogP) is 2.32. The van der Waals surface area contributed by atoms with E-state index in [0.717, 1.165) is 32.4 Å². The lowest BCUT2D eigenvalue weighted by atomic mass is 9.81. The average Bonchev–Trinajstić information content (AvgIpc) is 2.14. The van der Waals surface area contributed by atoms with Crippen LogP contribution in [0.25, 0.3) is 0 Å². The summed E-state index contributed by atoms with van der Waals surface area (Å²) in [7, 11) is 0. The van der Waals surface area contributed by atoms with Crippen molar-refractivity contribution in [3.8, 4) is 0 Å². The smallest absolute Gasteiger partial charge is 0.224 e. The normalized spacial score (nSPS) is 22.3. The van der Waals surface area contributed by atoms with E-state index in [9.17, 15) is 4.79 Å². The van der Waals surface area contributed by atoms with Gasteiger partial charge in [-0.05, 0) is 45.1 Å². The highest BCUT2D eigenvalue weighted by molar-refractivity contribution is 5.79. The van der Waals surface area contributed by atoms with Crippen LogP contribution in [0.4, 0.5) is 0 Å². The van der Waals surface area contributed by atoms with E-state index in [0.29, 0.717) is 0 Å². The topological polar surface area (TPSA) is 41.1 Å². The second kappa shape index (κ2) is 5.38. The quantitative estimate of drug-likeness (QED) is 0.795. The molecular weight excluding hydrogens is 212 g/mol. The van der Waals surface area contributed by atoms with E-state index in [-0.39, 0.29) is 22.8 Å². The van der Waals surface area contributed by atoms with Gasteiger partial charge in [0.1, 0.15) is 0 Å². The Morgan fingerprint density at radius 2 is 1.94 bits per heavy atom. The highest BCUT2D eigenvalue weighted by Gasteiger charge is 2.30. The molecule has 0 spiro atoms. The molecule has 0 aromatic heterocycles. The third-order valence-electron chi connectivity index (χ3n) is 3.10. The van der Waals surface area contributed by atoms with Crippen LogP contribution < -0.4 is 10.6 Å². The van der Waals surface area contributed by atoms with Crippen molar-refractivity contribution in [1.29, 1.82) is 0 Å². The highest BCUT2D eigenvalue weighted by atomic mass is 16.2. The first-order valence-electron chi connectivity index (χ1n) is 6.72. The summed E-state index contributed by atoms with van der Waals surface area (Å²) in [4.78, 5) is 12.1. The third kappa shape index (κ3) is 5.53. The molecule has 1 fully saturated rings. The minimum atomic E-state index is -0.118. The maximum atomic E-state index is 12.1. The lowest BCUT2D eigenvalue weighted by Crippen LogP contribution is -2.50. The van der Waals surface area contributed by atoms with E-state index >= 15 is 0 Å². The van der Waals surface area contributed by atoms with Crippen molar-refractivity contribution >= 4 is 5.91 Å². The number of carbonyl (C=O) groups is 1. The molecule has 1 aliphatic heterocycles. The lowest BCUT2D eigenvalue weighted by molar-refractivity contribution is -0.127. The zero-order valence-electron chi connectivity index (χ0n) is 12.0. The van der Waals surface area contributed by atoms with Crippen molar-refractivity contribution in [2.45, 2.75) is 59.4 Å². The fourth-order valence-electron chi connectivity index (χ4n) is 2.88. The molecule has 0 saturated carbocycles. The molecule has 2 N–H and O–H groups in total. The summed E-state index contributed by atoms with van der Waals surface area (Å²) >= 11 is 0. The first-order chi connectivity index (χ1) is 7.70. The predicted molar refractivity (Wildman–Crippen MR) is 71.9 cm³/mol. The average molecular weight is 240 g/mol. The van der Waals surface area contributed by atoms with Crippen LogP contribution in [-0.2, 0) is 4.79 Å². The number of hydrogen-bond donors (Lipinski definition) is 2. The van der Waals surface area contributed by atoms with Crippen LogP contribution in [0.2, 0.25) is 0 Å². The Morgan fingerprint density at radius 1 is 1.29 bits per heavy atom. The molecule has 3 heteroatoms. The summed E-state index contributed by atoms with van der Waals surface area (Å²) in [5.74, 6) is 0.370. The molecule has 0 aliphatic carbocycles. The van der Waals surface area contributed by atoms with E-state index in [4.69, 9.17) is 0 Å². The standard InChI is InChI=1S/C14H28N2O/c1-13(2,3)10-14(4,5)16-12(17)11-7-6-8-15-9-11/h11,15H,6-10H2,1-5H3,(H,16,17). The van der Waals surface area contributed by atoms with Gasteiger partial charge in [0.2, 0.25) is 5.91 Å². The monoisotopic (exact) mass is 240 g/mol. The molecular formula is C14H28N2O. The van der Waals surface area contributed by atoms with Gasteiger partial charge in [0.15, 0.2) is 0 Å². The van der Waals surface area contributed by atoms with Crippen LogP contribution in [-0.4, -0.2) is 24.5 Å². The number of hydrogen-bond acceptors (Lipinski definition) is 2. The lowest BCUT2D eigenvalue weighted by Gasteiger charge is -2.35. The van der Waals surface area contributed by atoms with Crippen molar-refractivity contribution in [3.63, 3.8) is 0 Å². The van der Waals surface area contributed by atoms with Gasteiger partial charge in [-0.1, -0.05) is 20.8 Å². The number of nitrogens with one attached hydrogen (secondary N) is 2. The zero-order chi connectivity index (χ0) is 13.1. The minimum Gasteiger partial charge on any atom is -0.351 e. The second-order valence-corrected chi connectivity index (χ2v) is 7.15. The van der Waals surface area contributed by atoms with Gasteiger partial charge in [-0.3, -0.25) is 4.79 Å². The molecule has 17 heavy (non-hydrogen) atoms. The SMILES string of the molecule is CC(C)(C)CC(C)(C)NC(=O)C1CCCNC1. The van der Waals surface area contributed by atoms with Gasteiger partial charge in [-0.15, -0.1) is 0 Å². The fourth-order valence-corrected chi connectivity index (χ4v) is 2.88. The molecule has 3 nitrogen and oxygen atoms in total. The van der Waals surface area contributed by atoms with Crippen LogP contribution in [0.15, 0.2) is 0 Å². The van der Waals surface area contributed by atoms with E-state index in [1.807, 2.05) is 0 Å². The maximum Gasteiger partial charge on any atom is 0.224 e. The molecule has 1 aliphatic rings. The largest absolute Gasteiger partial charge is 0.351 e. The van der Waals surface area contributed by atoms with Gasteiger partial charge in [0.25, 0.3) is 0 Å². The van der Waals surface area contributed by atoms with Gasteiger partial charge >= 0.3 is 0 Å². The van der Waals surface area contributed by atoms with E-state index < -0.39 is 0 Å². The fraction of sp³-hybridized carbons (Fsp3) is 0.929. The molecule has 1 heterocycles. The Labute approximate surface area is 106 Å². The van der Waals surface area contributed by atoms with E-state index in [1.165, 1.54) is 0 Å². The minimum absolute atomic E-state index is 0.118. The Kier molecular flexibility index (Phi) is 4.59. The van der Waals surface area contributed by atoms with Crippen LogP contribution in [0.1, 0.15) is 53.9 Å². The van der Waals surface area contributed by atoms with Gasteiger partial charge in [0, 0.05) is 12.1 Å². The first kappa shape index (κ1) is 14.5. The maximum absolute atomic E-state index is 12.1. The molecule has 1 atom stereocenters.